The van der Waals surface area contributed by atoms with Crippen LogP contribution in [0.4, 0.5) is 0 Å². The number of carbonyl (C=O) groups is 2. The van der Waals surface area contributed by atoms with E-state index in [4.69, 9.17) is 9.47 Å². The van der Waals surface area contributed by atoms with Gasteiger partial charge >= 0.3 is 5.97 Å². The van der Waals surface area contributed by atoms with Gasteiger partial charge in [0.05, 0.1) is 13.7 Å². The van der Waals surface area contributed by atoms with Gasteiger partial charge < -0.3 is 14.4 Å². The minimum atomic E-state index is -0.475. The number of ether oxygens (including phenoxy) is 2. The number of nitrogens with zero attached hydrogens (tertiary/aromatic N) is 1. The first-order chi connectivity index (χ1) is 10.2. The summed E-state index contributed by atoms with van der Waals surface area (Å²) in [5, 5.41) is 0. The topological polar surface area (TPSA) is 55.8 Å². The predicted molar refractivity (Wildman–Crippen MR) is 78.3 cm³/mol. The molecule has 1 aliphatic heterocycles. The first kappa shape index (κ1) is 15.4. The molecule has 1 heterocycles. The molecule has 1 aliphatic rings. The maximum Gasteiger partial charge on any atom is 0.328 e. The molecule has 0 bridgehead atoms. The molecule has 1 saturated heterocycles. The molecular weight excluding hydrogens is 270 g/mol. The minimum Gasteiger partial charge on any atom is -0.497 e. The fraction of sp³-hybridized carbons (Fsp3) is 0.500. The Hall–Kier alpha value is -2.04. The summed E-state index contributed by atoms with van der Waals surface area (Å²) in [6, 6.07) is 6.52. The summed E-state index contributed by atoms with van der Waals surface area (Å²) >= 11 is 0. The average Bonchev–Trinajstić information content (AvgIpc) is 2.54. The molecule has 0 aliphatic carbocycles. The van der Waals surface area contributed by atoms with E-state index in [1.165, 1.54) is 0 Å². The highest BCUT2D eigenvalue weighted by molar-refractivity contribution is 5.97. The van der Waals surface area contributed by atoms with E-state index < -0.39 is 6.04 Å². The maximum absolute atomic E-state index is 12.6. The van der Waals surface area contributed by atoms with Crippen LogP contribution in [0.2, 0.25) is 0 Å². The third-order valence-corrected chi connectivity index (χ3v) is 3.64. The lowest BCUT2D eigenvalue weighted by molar-refractivity contribution is -0.149. The lowest BCUT2D eigenvalue weighted by Gasteiger charge is -2.34. The Kier molecular flexibility index (Phi) is 5.20. The maximum atomic E-state index is 12.6. The Morgan fingerprint density at radius 1 is 1.33 bits per heavy atom. The van der Waals surface area contributed by atoms with Crippen LogP contribution in [-0.2, 0) is 9.53 Å². The second-order valence-electron chi connectivity index (χ2n) is 4.99. The number of esters is 1. The lowest BCUT2D eigenvalue weighted by Crippen LogP contribution is -2.48. The molecule has 0 saturated carbocycles. The van der Waals surface area contributed by atoms with Crippen LogP contribution in [0, 0.1) is 0 Å². The number of piperidine rings is 1. The number of amides is 1. The van der Waals surface area contributed by atoms with Crippen LogP contribution < -0.4 is 4.74 Å². The molecule has 1 amide bonds. The van der Waals surface area contributed by atoms with Crippen LogP contribution >= 0.6 is 0 Å². The molecule has 21 heavy (non-hydrogen) atoms. The van der Waals surface area contributed by atoms with Crippen molar-refractivity contribution in [2.45, 2.75) is 32.2 Å². The van der Waals surface area contributed by atoms with Crippen molar-refractivity contribution < 1.29 is 19.1 Å². The van der Waals surface area contributed by atoms with Gasteiger partial charge in [-0.05, 0) is 44.4 Å². The zero-order valence-corrected chi connectivity index (χ0v) is 12.5. The van der Waals surface area contributed by atoms with Gasteiger partial charge in [-0.3, -0.25) is 4.79 Å². The van der Waals surface area contributed by atoms with Crippen LogP contribution in [0.1, 0.15) is 36.5 Å². The summed E-state index contributed by atoms with van der Waals surface area (Å²) in [6.07, 6.45) is 2.51. The van der Waals surface area contributed by atoms with E-state index in [9.17, 15) is 9.59 Å². The Balaban J connectivity index is 2.19. The minimum absolute atomic E-state index is 0.147. The molecule has 0 N–H and O–H groups in total. The highest BCUT2D eigenvalue weighted by Gasteiger charge is 2.33. The predicted octanol–water partition coefficient (Wildman–Crippen LogP) is 2.25. The highest BCUT2D eigenvalue weighted by atomic mass is 16.5. The van der Waals surface area contributed by atoms with Crippen molar-refractivity contribution in [3.63, 3.8) is 0 Å². The van der Waals surface area contributed by atoms with Crippen molar-refractivity contribution in [1.82, 2.24) is 4.90 Å². The van der Waals surface area contributed by atoms with Gasteiger partial charge in [-0.2, -0.15) is 0 Å². The first-order valence-corrected chi connectivity index (χ1v) is 7.29. The van der Waals surface area contributed by atoms with E-state index in [2.05, 4.69) is 0 Å². The van der Waals surface area contributed by atoms with E-state index in [1.807, 2.05) is 0 Å². The van der Waals surface area contributed by atoms with Crippen molar-refractivity contribution in [1.29, 1.82) is 0 Å². The average molecular weight is 291 g/mol. The Labute approximate surface area is 124 Å². The van der Waals surface area contributed by atoms with E-state index in [0.717, 1.165) is 12.8 Å². The number of benzene rings is 1. The van der Waals surface area contributed by atoms with Crippen molar-refractivity contribution in [3.05, 3.63) is 29.8 Å². The monoisotopic (exact) mass is 291 g/mol. The zero-order chi connectivity index (χ0) is 15.2. The summed E-state index contributed by atoms with van der Waals surface area (Å²) < 4.78 is 10.2. The summed E-state index contributed by atoms with van der Waals surface area (Å²) in [4.78, 5) is 26.3. The fourth-order valence-electron chi connectivity index (χ4n) is 2.58. The molecule has 1 aromatic rings. The van der Waals surface area contributed by atoms with Gasteiger partial charge in [-0.1, -0.05) is 6.07 Å². The Bertz CT molecular complexity index is 515. The number of methoxy groups -OCH3 is 1. The normalized spacial score (nSPS) is 18.2. The van der Waals surface area contributed by atoms with Crippen LogP contribution in [0.25, 0.3) is 0 Å². The molecule has 1 fully saturated rings. The lowest BCUT2D eigenvalue weighted by atomic mass is 10.0. The zero-order valence-electron chi connectivity index (χ0n) is 12.5. The second kappa shape index (κ2) is 7.11. The summed E-state index contributed by atoms with van der Waals surface area (Å²) in [6.45, 7) is 2.69. The van der Waals surface area contributed by atoms with Gasteiger partial charge in [0.15, 0.2) is 0 Å². The van der Waals surface area contributed by atoms with Gasteiger partial charge in [0.1, 0.15) is 11.8 Å². The van der Waals surface area contributed by atoms with Gasteiger partial charge in [0.25, 0.3) is 5.91 Å². The number of hydrogen-bond acceptors (Lipinski definition) is 4. The molecule has 5 heteroatoms. The first-order valence-electron chi connectivity index (χ1n) is 7.29. The van der Waals surface area contributed by atoms with E-state index in [0.29, 0.717) is 30.9 Å². The van der Waals surface area contributed by atoms with Crippen LogP contribution in [0.15, 0.2) is 24.3 Å². The second-order valence-corrected chi connectivity index (χ2v) is 4.99. The van der Waals surface area contributed by atoms with Crippen molar-refractivity contribution in [2.75, 3.05) is 20.3 Å². The Morgan fingerprint density at radius 3 is 2.86 bits per heavy atom. The van der Waals surface area contributed by atoms with E-state index in [1.54, 1.807) is 43.2 Å². The number of carbonyl (C=O) groups excluding carboxylic acids is 2. The molecule has 1 atom stereocenters. The van der Waals surface area contributed by atoms with Crippen molar-refractivity contribution in [2.24, 2.45) is 0 Å². The molecule has 5 nitrogen and oxygen atoms in total. The molecule has 0 aromatic heterocycles. The largest absolute Gasteiger partial charge is 0.497 e. The van der Waals surface area contributed by atoms with Crippen LogP contribution in [0.3, 0.4) is 0 Å². The molecule has 0 radical (unpaired) electrons. The SMILES string of the molecule is CCOC(=O)C1CCCCN1C(=O)c1cccc(OC)c1. The smallest absolute Gasteiger partial charge is 0.328 e. The highest BCUT2D eigenvalue weighted by Crippen LogP contribution is 2.22. The van der Waals surface area contributed by atoms with Gasteiger partial charge in [-0.15, -0.1) is 0 Å². The van der Waals surface area contributed by atoms with E-state index in [-0.39, 0.29) is 11.9 Å². The van der Waals surface area contributed by atoms with Crippen LogP contribution in [-0.4, -0.2) is 43.1 Å². The third kappa shape index (κ3) is 3.54. The molecule has 2 rings (SSSR count). The number of likely N-dealkylation sites (tertiary alicyclic amines) is 1. The quantitative estimate of drug-likeness (QED) is 0.798. The van der Waals surface area contributed by atoms with Crippen molar-refractivity contribution >= 4 is 11.9 Å². The molecule has 1 aromatic carbocycles. The summed E-state index contributed by atoms with van der Waals surface area (Å²) in [7, 11) is 1.56. The fourth-order valence-corrected chi connectivity index (χ4v) is 2.58. The van der Waals surface area contributed by atoms with Crippen molar-refractivity contribution in [3.8, 4) is 5.75 Å². The molecule has 114 valence electrons. The standard InChI is InChI=1S/C16H21NO4/c1-3-21-16(19)14-9-4-5-10-17(14)15(18)12-7-6-8-13(11-12)20-2/h6-8,11,14H,3-5,9-10H2,1-2H3. The van der Waals surface area contributed by atoms with Gasteiger partial charge in [0.2, 0.25) is 0 Å². The molecular formula is C16H21NO4. The molecule has 1 unspecified atom stereocenters. The van der Waals surface area contributed by atoms with E-state index >= 15 is 0 Å². The Morgan fingerprint density at radius 2 is 2.14 bits per heavy atom. The summed E-state index contributed by atoms with van der Waals surface area (Å²) in [5.74, 6) is 0.172. The van der Waals surface area contributed by atoms with Gasteiger partial charge in [-0.25, -0.2) is 4.79 Å². The van der Waals surface area contributed by atoms with Crippen LogP contribution in [0.5, 0.6) is 5.75 Å². The summed E-state index contributed by atoms with van der Waals surface area (Å²) in [5.41, 5.74) is 0.533. The molecule has 0 spiro atoms. The number of rotatable bonds is 4. The number of hydrogen-bond donors (Lipinski definition) is 0. The van der Waals surface area contributed by atoms with Gasteiger partial charge in [0, 0.05) is 12.1 Å². The third-order valence-electron chi connectivity index (χ3n) is 3.64.